The molecule has 3 aromatic rings. The van der Waals surface area contributed by atoms with E-state index in [-0.39, 0.29) is 12.4 Å². The second kappa shape index (κ2) is 8.29. The average molecular weight is 380 g/mol. The third kappa shape index (κ3) is 4.24. The maximum absolute atomic E-state index is 12.2. The van der Waals surface area contributed by atoms with Crippen molar-refractivity contribution in [3.63, 3.8) is 0 Å². The smallest absolute Gasteiger partial charge is 0.316 e. The number of amides is 1. The molecule has 4 rings (SSSR count). The lowest BCUT2D eigenvalue weighted by Crippen LogP contribution is -2.23. The molecule has 1 fully saturated rings. The van der Waals surface area contributed by atoms with Crippen LogP contribution in [0.3, 0.4) is 0 Å². The number of benzene rings is 1. The van der Waals surface area contributed by atoms with Gasteiger partial charge >= 0.3 is 11.8 Å². The van der Waals surface area contributed by atoms with Crippen molar-refractivity contribution in [2.45, 2.75) is 39.2 Å². The molecular weight excluding hydrogens is 356 g/mol. The SMILES string of the molecule is Cc1ccc(CNC(=O)c2nc(-c3ccc(N4CCCCCC4)cc3)no2)o1. The van der Waals surface area contributed by atoms with Gasteiger partial charge in [0.05, 0.1) is 6.54 Å². The summed E-state index contributed by atoms with van der Waals surface area (Å²) >= 11 is 0. The van der Waals surface area contributed by atoms with Crippen LogP contribution in [0.15, 0.2) is 45.3 Å². The molecule has 2 aromatic heterocycles. The molecule has 0 atom stereocenters. The first-order valence-electron chi connectivity index (χ1n) is 9.72. The summed E-state index contributed by atoms with van der Waals surface area (Å²) in [7, 11) is 0. The van der Waals surface area contributed by atoms with Gasteiger partial charge in [-0.15, -0.1) is 0 Å². The highest BCUT2D eigenvalue weighted by Crippen LogP contribution is 2.23. The second-order valence-electron chi connectivity index (χ2n) is 7.07. The average Bonchev–Trinajstić information content (AvgIpc) is 3.28. The van der Waals surface area contributed by atoms with Crippen LogP contribution >= 0.6 is 0 Å². The molecule has 1 aromatic carbocycles. The molecule has 1 aliphatic heterocycles. The standard InChI is InChI=1S/C21H24N4O3/c1-15-6-11-18(27-15)14-22-20(26)21-23-19(24-28-21)16-7-9-17(10-8-16)25-12-4-2-3-5-13-25/h6-11H,2-5,12-14H2,1H3,(H,22,26). The zero-order chi connectivity index (χ0) is 19.3. The Labute approximate surface area is 163 Å². The number of aryl methyl sites for hydroxylation is 1. The van der Waals surface area contributed by atoms with Crippen LogP contribution in [0.1, 0.15) is 47.9 Å². The largest absolute Gasteiger partial charge is 0.465 e. The number of furan rings is 1. The van der Waals surface area contributed by atoms with Gasteiger partial charge in [0.15, 0.2) is 0 Å². The van der Waals surface area contributed by atoms with Gasteiger partial charge in [-0.25, -0.2) is 0 Å². The van der Waals surface area contributed by atoms with Gasteiger partial charge < -0.3 is 19.2 Å². The molecule has 0 saturated carbocycles. The van der Waals surface area contributed by atoms with E-state index >= 15 is 0 Å². The van der Waals surface area contributed by atoms with Gasteiger partial charge in [-0.2, -0.15) is 4.98 Å². The Balaban J connectivity index is 1.39. The Morgan fingerprint density at radius 2 is 1.82 bits per heavy atom. The molecule has 0 radical (unpaired) electrons. The van der Waals surface area contributed by atoms with E-state index < -0.39 is 5.91 Å². The van der Waals surface area contributed by atoms with E-state index in [1.54, 1.807) is 0 Å². The highest BCUT2D eigenvalue weighted by atomic mass is 16.5. The van der Waals surface area contributed by atoms with Gasteiger partial charge in [0.2, 0.25) is 5.82 Å². The molecule has 28 heavy (non-hydrogen) atoms. The summed E-state index contributed by atoms with van der Waals surface area (Å²) in [6.45, 7) is 4.32. The number of carbonyl (C=O) groups is 1. The molecule has 0 spiro atoms. The number of aromatic nitrogens is 2. The van der Waals surface area contributed by atoms with E-state index in [4.69, 9.17) is 8.94 Å². The molecule has 7 heteroatoms. The van der Waals surface area contributed by atoms with Crippen LogP contribution in [0.4, 0.5) is 5.69 Å². The van der Waals surface area contributed by atoms with Crippen molar-refractivity contribution >= 4 is 11.6 Å². The van der Waals surface area contributed by atoms with Crippen LogP contribution < -0.4 is 10.2 Å². The fourth-order valence-electron chi connectivity index (χ4n) is 3.41. The minimum atomic E-state index is -0.422. The van der Waals surface area contributed by atoms with E-state index in [2.05, 4.69) is 32.5 Å². The molecular formula is C21H24N4O3. The summed E-state index contributed by atoms with van der Waals surface area (Å²) in [4.78, 5) is 18.8. The van der Waals surface area contributed by atoms with E-state index in [0.717, 1.165) is 24.4 Å². The summed E-state index contributed by atoms with van der Waals surface area (Å²) in [6, 6.07) is 11.8. The fourth-order valence-corrected chi connectivity index (χ4v) is 3.41. The Bertz CT molecular complexity index is 921. The predicted octanol–water partition coefficient (Wildman–Crippen LogP) is 3.95. The van der Waals surface area contributed by atoms with E-state index in [9.17, 15) is 4.79 Å². The molecule has 0 bridgehead atoms. The number of anilines is 1. The molecule has 1 saturated heterocycles. The minimum Gasteiger partial charge on any atom is -0.465 e. The predicted molar refractivity (Wildman–Crippen MR) is 105 cm³/mol. The van der Waals surface area contributed by atoms with Crippen molar-refractivity contribution in [2.24, 2.45) is 0 Å². The second-order valence-corrected chi connectivity index (χ2v) is 7.07. The first kappa shape index (κ1) is 18.3. The van der Waals surface area contributed by atoms with Crippen LogP contribution in [0.2, 0.25) is 0 Å². The van der Waals surface area contributed by atoms with Gasteiger partial charge in [0, 0.05) is 24.3 Å². The van der Waals surface area contributed by atoms with Gasteiger partial charge in [0.25, 0.3) is 0 Å². The third-order valence-electron chi connectivity index (χ3n) is 4.94. The molecule has 3 heterocycles. The highest BCUT2D eigenvalue weighted by Gasteiger charge is 2.17. The van der Waals surface area contributed by atoms with E-state index in [0.29, 0.717) is 11.6 Å². The van der Waals surface area contributed by atoms with Crippen molar-refractivity contribution in [1.29, 1.82) is 0 Å². The molecule has 1 N–H and O–H groups in total. The number of hydrogen-bond donors (Lipinski definition) is 1. The lowest BCUT2D eigenvalue weighted by atomic mass is 10.2. The van der Waals surface area contributed by atoms with Gasteiger partial charge in [-0.3, -0.25) is 4.79 Å². The van der Waals surface area contributed by atoms with Crippen LogP contribution in [0.5, 0.6) is 0 Å². The summed E-state index contributed by atoms with van der Waals surface area (Å²) in [6.07, 6.45) is 5.09. The topological polar surface area (TPSA) is 84.4 Å². The fraction of sp³-hybridized carbons (Fsp3) is 0.381. The van der Waals surface area contributed by atoms with Crippen LogP contribution in [0, 0.1) is 6.92 Å². The molecule has 7 nitrogen and oxygen atoms in total. The number of rotatable bonds is 5. The minimum absolute atomic E-state index is 0.0603. The van der Waals surface area contributed by atoms with Gasteiger partial charge in [-0.1, -0.05) is 18.0 Å². The van der Waals surface area contributed by atoms with Crippen LogP contribution in [-0.2, 0) is 6.54 Å². The van der Waals surface area contributed by atoms with Crippen molar-refractivity contribution < 1.29 is 13.7 Å². The monoisotopic (exact) mass is 380 g/mol. The van der Waals surface area contributed by atoms with Crippen LogP contribution in [0.25, 0.3) is 11.4 Å². The molecule has 1 amide bonds. The van der Waals surface area contributed by atoms with E-state index in [1.165, 1.54) is 31.4 Å². The molecule has 146 valence electrons. The number of carbonyl (C=O) groups excluding carboxylic acids is 1. The zero-order valence-electron chi connectivity index (χ0n) is 16.0. The third-order valence-corrected chi connectivity index (χ3v) is 4.94. The van der Waals surface area contributed by atoms with Crippen LogP contribution in [-0.4, -0.2) is 29.1 Å². The Morgan fingerprint density at radius 1 is 1.07 bits per heavy atom. The number of nitrogens with zero attached hydrogens (tertiary/aromatic N) is 3. The maximum atomic E-state index is 12.2. The Hall–Kier alpha value is -3.09. The maximum Gasteiger partial charge on any atom is 0.316 e. The van der Waals surface area contributed by atoms with Gasteiger partial charge in [0.1, 0.15) is 11.5 Å². The Kier molecular flexibility index (Phi) is 5.41. The lowest BCUT2D eigenvalue weighted by Gasteiger charge is -2.22. The highest BCUT2D eigenvalue weighted by molar-refractivity contribution is 5.89. The van der Waals surface area contributed by atoms with Gasteiger partial charge in [-0.05, 0) is 56.2 Å². The Morgan fingerprint density at radius 3 is 2.50 bits per heavy atom. The van der Waals surface area contributed by atoms with Crippen molar-refractivity contribution in [2.75, 3.05) is 18.0 Å². The summed E-state index contributed by atoms with van der Waals surface area (Å²) in [5.74, 6) is 1.40. The normalized spacial score (nSPS) is 14.7. The summed E-state index contributed by atoms with van der Waals surface area (Å²) in [5, 5.41) is 6.66. The number of hydrogen-bond acceptors (Lipinski definition) is 6. The first-order chi connectivity index (χ1) is 13.7. The van der Waals surface area contributed by atoms with Crippen molar-refractivity contribution in [3.8, 4) is 11.4 Å². The zero-order valence-corrected chi connectivity index (χ0v) is 16.0. The molecule has 0 unspecified atom stereocenters. The van der Waals surface area contributed by atoms with E-state index in [1.807, 2.05) is 31.2 Å². The first-order valence-corrected chi connectivity index (χ1v) is 9.72. The quantitative estimate of drug-likeness (QED) is 0.721. The number of nitrogens with one attached hydrogen (secondary N) is 1. The lowest BCUT2D eigenvalue weighted by molar-refractivity contribution is 0.0904. The summed E-state index contributed by atoms with van der Waals surface area (Å²) in [5.41, 5.74) is 2.03. The van der Waals surface area contributed by atoms with Crippen molar-refractivity contribution in [3.05, 3.63) is 53.8 Å². The molecule has 0 aliphatic carbocycles. The summed E-state index contributed by atoms with van der Waals surface area (Å²) < 4.78 is 10.6. The molecule has 1 aliphatic rings. The van der Waals surface area contributed by atoms with Crippen molar-refractivity contribution in [1.82, 2.24) is 15.5 Å².